The smallest absolute Gasteiger partial charge is 0.262 e. The summed E-state index contributed by atoms with van der Waals surface area (Å²) in [6.07, 6.45) is 0. The van der Waals surface area contributed by atoms with Crippen LogP contribution in [0, 0.1) is 0 Å². The van der Waals surface area contributed by atoms with E-state index < -0.39 is 0 Å². The van der Waals surface area contributed by atoms with Gasteiger partial charge < -0.3 is 10.1 Å². The Kier molecular flexibility index (Phi) is 2.06. The first-order valence-electron chi connectivity index (χ1n) is 3.58. The van der Waals surface area contributed by atoms with E-state index in [1.54, 1.807) is 12.1 Å². The van der Waals surface area contributed by atoms with Crippen molar-refractivity contribution >= 4 is 34.8 Å². The molecule has 0 atom stereocenters. The average Bonchev–Trinajstić information content (AvgIpc) is 2.02. The highest BCUT2D eigenvalue weighted by atomic mass is 35.5. The lowest BCUT2D eigenvalue weighted by Crippen LogP contribution is -2.25. The molecule has 3 nitrogen and oxygen atoms in total. The molecule has 0 radical (unpaired) electrons. The van der Waals surface area contributed by atoms with Gasteiger partial charge in [-0.1, -0.05) is 23.2 Å². The van der Waals surface area contributed by atoms with E-state index in [4.69, 9.17) is 27.9 Å². The van der Waals surface area contributed by atoms with E-state index in [9.17, 15) is 4.79 Å². The molecule has 0 aromatic heterocycles. The van der Waals surface area contributed by atoms with Crippen LogP contribution in [-0.4, -0.2) is 12.5 Å². The van der Waals surface area contributed by atoms with E-state index in [2.05, 4.69) is 5.32 Å². The van der Waals surface area contributed by atoms with Gasteiger partial charge in [-0.15, -0.1) is 0 Å². The maximum atomic E-state index is 10.9. The van der Waals surface area contributed by atoms with Gasteiger partial charge >= 0.3 is 0 Å². The van der Waals surface area contributed by atoms with Crippen molar-refractivity contribution in [3.63, 3.8) is 0 Å². The third-order valence-electron chi connectivity index (χ3n) is 1.63. The number of rotatable bonds is 0. The van der Waals surface area contributed by atoms with Crippen LogP contribution in [0.3, 0.4) is 0 Å². The molecule has 0 spiro atoms. The van der Waals surface area contributed by atoms with E-state index in [0.29, 0.717) is 21.5 Å². The maximum Gasteiger partial charge on any atom is 0.262 e. The monoisotopic (exact) mass is 217 g/mol. The summed E-state index contributed by atoms with van der Waals surface area (Å²) in [7, 11) is 0. The van der Waals surface area contributed by atoms with Crippen molar-refractivity contribution in [2.75, 3.05) is 11.9 Å². The van der Waals surface area contributed by atoms with E-state index in [1.807, 2.05) is 0 Å². The Balaban J connectivity index is 2.53. The first kappa shape index (κ1) is 8.66. The fourth-order valence-electron chi connectivity index (χ4n) is 1.12. The summed E-state index contributed by atoms with van der Waals surface area (Å²) in [5.41, 5.74) is 0.522. The predicted molar refractivity (Wildman–Crippen MR) is 50.6 cm³/mol. The van der Waals surface area contributed by atoms with Crippen molar-refractivity contribution in [3.05, 3.63) is 22.2 Å². The van der Waals surface area contributed by atoms with Crippen molar-refractivity contribution in [1.29, 1.82) is 0 Å². The third kappa shape index (κ3) is 1.57. The van der Waals surface area contributed by atoms with Crippen molar-refractivity contribution in [1.82, 2.24) is 0 Å². The molecule has 0 bridgehead atoms. The van der Waals surface area contributed by atoms with Crippen LogP contribution in [0.1, 0.15) is 0 Å². The fraction of sp³-hybridized carbons (Fsp3) is 0.125. The maximum absolute atomic E-state index is 10.9. The van der Waals surface area contributed by atoms with Gasteiger partial charge in [0.05, 0.1) is 10.7 Å². The van der Waals surface area contributed by atoms with Gasteiger partial charge in [0.25, 0.3) is 5.91 Å². The summed E-state index contributed by atoms with van der Waals surface area (Å²) in [4.78, 5) is 10.9. The predicted octanol–water partition coefficient (Wildman–Crippen LogP) is 2.32. The molecule has 0 saturated heterocycles. The summed E-state index contributed by atoms with van der Waals surface area (Å²) in [6.45, 7) is -0.00560. The van der Waals surface area contributed by atoms with Crippen LogP contribution < -0.4 is 10.1 Å². The van der Waals surface area contributed by atoms with E-state index in [0.717, 1.165) is 0 Å². The normalized spacial score (nSPS) is 14.5. The number of halogens is 2. The minimum absolute atomic E-state index is 0.00560. The quantitative estimate of drug-likeness (QED) is 0.725. The summed E-state index contributed by atoms with van der Waals surface area (Å²) in [6, 6.07) is 3.17. The van der Waals surface area contributed by atoms with Crippen molar-refractivity contribution in [2.45, 2.75) is 0 Å². The first-order chi connectivity index (χ1) is 6.16. The molecule has 1 aromatic carbocycles. The van der Waals surface area contributed by atoms with Gasteiger partial charge in [-0.3, -0.25) is 4.79 Å². The van der Waals surface area contributed by atoms with Gasteiger partial charge in [0, 0.05) is 5.02 Å². The number of carbonyl (C=O) groups excluding carboxylic acids is 1. The van der Waals surface area contributed by atoms with Gasteiger partial charge in [-0.2, -0.15) is 0 Å². The largest absolute Gasteiger partial charge is 0.480 e. The molecule has 2 rings (SSSR count). The molecule has 5 heteroatoms. The molecule has 1 N–H and O–H groups in total. The third-order valence-corrected chi connectivity index (χ3v) is 2.13. The molecule has 0 aliphatic carbocycles. The Morgan fingerprint density at radius 2 is 2.15 bits per heavy atom. The highest BCUT2D eigenvalue weighted by Gasteiger charge is 2.18. The zero-order chi connectivity index (χ0) is 9.42. The second-order valence-corrected chi connectivity index (χ2v) is 3.44. The van der Waals surface area contributed by atoms with Crippen LogP contribution in [0.4, 0.5) is 5.69 Å². The highest BCUT2D eigenvalue weighted by molar-refractivity contribution is 6.36. The fourth-order valence-corrected chi connectivity index (χ4v) is 1.67. The van der Waals surface area contributed by atoms with Crippen molar-refractivity contribution in [3.8, 4) is 5.75 Å². The molecular formula is C8H5Cl2NO2. The van der Waals surface area contributed by atoms with Crippen LogP contribution >= 0.6 is 23.2 Å². The van der Waals surface area contributed by atoms with Gasteiger partial charge in [0.15, 0.2) is 12.4 Å². The van der Waals surface area contributed by atoms with Crippen LogP contribution in [0.15, 0.2) is 12.1 Å². The van der Waals surface area contributed by atoms with E-state index in [1.165, 1.54) is 0 Å². The van der Waals surface area contributed by atoms with Crippen molar-refractivity contribution in [2.24, 2.45) is 0 Å². The summed E-state index contributed by atoms with van der Waals surface area (Å²) >= 11 is 11.6. The van der Waals surface area contributed by atoms with Crippen LogP contribution in [0.5, 0.6) is 5.75 Å². The lowest BCUT2D eigenvalue weighted by atomic mass is 10.2. The van der Waals surface area contributed by atoms with Crippen molar-refractivity contribution < 1.29 is 9.53 Å². The molecule has 68 valence electrons. The molecule has 1 amide bonds. The Bertz CT molecular complexity index is 379. The molecule has 1 aromatic rings. The molecule has 0 saturated carbocycles. The number of ether oxygens (including phenoxy) is 1. The molecule has 1 aliphatic rings. The lowest BCUT2D eigenvalue weighted by Gasteiger charge is -2.18. The van der Waals surface area contributed by atoms with Crippen LogP contribution in [-0.2, 0) is 4.79 Å². The number of fused-ring (bicyclic) bond motifs is 1. The molecular weight excluding hydrogens is 213 g/mol. The number of anilines is 1. The zero-order valence-corrected chi connectivity index (χ0v) is 7.95. The summed E-state index contributed by atoms with van der Waals surface area (Å²) in [5.74, 6) is 0.275. The van der Waals surface area contributed by atoms with Crippen LogP contribution in [0.2, 0.25) is 10.0 Å². The number of hydrogen-bond donors (Lipinski definition) is 1. The zero-order valence-electron chi connectivity index (χ0n) is 6.43. The van der Waals surface area contributed by atoms with Gasteiger partial charge in [0.2, 0.25) is 0 Å². The standard InChI is InChI=1S/C8H5Cl2NO2/c9-4-1-5(10)8-6(2-4)11-7(12)3-13-8/h1-2H,3H2,(H,11,12). The minimum Gasteiger partial charge on any atom is -0.480 e. The number of amides is 1. The summed E-state index contributed by atoms with van der Waals surface area (Å²) < 4.78 is 5.12. The Morgan fingerprint density at radius 3 is 2.92 bits per heavy atom. The number of hydrogen-bond acceptors (Lipinski definition) is 2. The SMILES string of the molecule is O=C1COc2c(Cl)cc(Cl)cc2N1. The molecule has 1 heterocycles. The van der Waals surface area contributed by atoms with E-state index in [-0.39, 0.29) is 12.5 Å². The second kappa shape index (κ2) is 3.09. The molecule has 1 aliphatic heterocycles. The molecule has 0 unspecified atom stereocenters. The Labute approximate surface area is 84.6 Å². The lowest BCUT2D eigenvalue weighted by molar-refractivity contribution is -0.118. The first-order valence-corrected chi connectivity index (χ1v) is 4.34. The minimum atomic E-state index is -0.203. The number of benzene rings is 1. The molecule has 13 heavy (non-hydrogen) atoms. The number of nitrogens with one attached hydrogen (secondary N) is 1. The van der Waals surface area contributed by atoms with Gasteiger partial charge in [-0.25, -0.2) is 0 Å². The molecule has 0 fully saturated rings. The average molecular weight is 218 g/mol. The Morgan fingerprint density at radius 1 is 1.38 bits per heavy atom. The topological polar surface area (TPSA) is 38.3 Å². The Hall–Kier alpha value is -0.930. The summed E-state index contributed by atoms with van der Waals surface area (Å²) in [5, 5.41) is 3.48. The highest BCUT2D eigenvalue weighted by Crippen LogP contribution is 2.37. The van der Waals surface area contributed by atoms with E-state index >= 15 is 0 Å². The van der Waals surface area contributed by atoms with Gasteiger partial charge in [-0.05, 0) is 12.1 Å². The van der Waals surface area contributed by atoms with Gasteiger partial charge in [0.1, 0.15) is 0 Å². The number of carbonyl (C=O) groups is 1. The van der Waals surface area contributed by atoms with Crippen LogP contribution in [0.25, 0.3) is 0 Å². The second-order valence-electron chi connectivity index (χ2n) is 2.60.